The molecule has 0 fully saturated rings. The van der Waals surface area contributed by atoms with Gasteiger partial charge in [-0.05, 0) is 31.8 Å². The van der Waals surface area contributed by atoms with Crippen molar-refractivity contribution in [1.82, 2.24) is 4.90 Å². The number of hydrogen-bond donors (Lipinski definition) is 1. The van der Waals surface area contributed by atoms with Gasteiger partial charge in [0, 0.05) is 13.5 Å². The molecule has 0 amide bonds. The van der Waals surface area contributed by atoms with Gasteiger partial charge in [0.2, 0.25) is 0 Å². The molecule has 1 atom stereocenters. The summed E-state index contributed by atoms with van der Waals surface area (Å²) in [5, 5.41) is 9.45. The first-order chi connectivity index (χ1) is 8.99. The van der Waals surface area contributed by atoms with Crippen molar-refractivity contribution >= 4 is 5.97 Å². The summed E-state index contributed by atoms with van der Waals surface area (Å²) in [6.45, 7) is 2.99. The molecule has 5 heteroatoms. The fourth-order valence-corrected chi connectivity index (χ4v) is 1.56. The van der Waals surface area contributed by atoms with Crippen LogP contribution in [0.2, 0.25) is 0 Å². The average molecular weight is 267 g/mol. The molecule has 0 bridgehead atoms. The Morgan fingerprint density at radius 2 is 2.16 bits per heavy atom. The number of phenols is 1. The monoisotopic (exact) mass is 267 g/mol. The summed E-state index contributed by atoms with van der Waals surface area (Å²) >= 11 is 0. The Hall–Kier alpha value is -1.59. The second kappa shape index (κ2) is 7.76. The topological polar surface area (TPSA) is 59.0 Å². The van der Waals surface area contributed by atoms with Gasteiger partial charge >= 0.3 is 5.97 Å². The van der Waals surface area contributed by atoms with Crippen molar-refractivity contribution < 1.29 is 19.4 Å². The van der Waals surface area contributed by atoms with Crippen LogP contribution in [-0.2, 0) is 14.3 Å². The third kappa shape index (κ3) is 6.22. The minimum atomic E-state index is -0.494. The number of ether oxygens (including phenoxy) is 2. The van der Waals surface area contributed by atoms with Gasteiger partial charge in [-0.15, -0.1) is 0 Å². The quantitative estimate of drug-likeness (QED) is 0.600. The van der Waals surface area contributed by atoms with E-state index >= 15 is 0 Å². The Balaban J connectivity index is 2.59. The first kappa shape index (κ1) is 15.5. The number of phenolic OH excluding ortho intramolecular Hbond substituents is 1. The molecule has 1 unspecified atom stereocenters. The van der Waals surface area contributed by atoms with Crippen LogP contribution < -0.4 is 0 Å². The molecule has 5 nitrogen and oxygen atoms in total. The summed E-state index contributed by atoms with van der Waals surface area (Å²) in [5.74, 6) is -0.229. The van der Waals surface area contributed by atoms with Gasteiger partial charge in [-0.25, -0.2) is 0 Å². The van der Waals surface area contributed by atoms with Crippen LogP contribution in [-0.4, -0.2) is 49.8 Å². The number of nitrogens with zero attached hydrogens (tertiary/aromatic N) is 1. The minimum absolute atomic E-state index is 0.142. The zero-order valence-electron chi connectivity index (χ0n) is 11.6. The van der Waals surface area contributed by atoms with Crippen LogP contribution in [0, 0.1) is 0 Å². The lowest BCUT2D eigenvalue weighted by atomic mass is 10.1. The summed E-state index contributed by atoms with van der Waals surface area (Å²) in [6, 6.07) is 6.65. The van der Waals surface area contributed by atoms with E-state index in [0.717, 1.165) is 12.1 Å². The van der Waals surface area contributed by atoms with Crippen molar-refractivity contribution in [1.29, 1.82) is 0 Å². The lowest BCUT2D eigenvalue weighted by Crippen LogP contribution is -2.21. The highest BCUT2D eigenvalue weighted by atomic mass is 16.6. The van der Waals surface area contributed by atoms with Gasteiger partial charge in [0.1, 0.15) is 5.75 Å². The second-order valence-corrected chi connectivity index (χ2v) is 4.57. The normalized spacial score (nSPS) is 12.4. The fourth-order valence-electron chi connectivity index (χ4n) is 1.56. The summed E-state index contributed by atoms with van der Waals surface area (Å²) in [4.78, 5) is 13.1. The van der Waals surface area contributed by atoms with Gasteiger partial charge in [0.25, 0.3) is 0 Å². The molecule has 106 valence electrons. The van der Waals surface area contributed by atoms with Crippen molar-refractivity contribution in [3.05, 3.63) is 29.8 Å². The molecule has 0 aliphatic carbocycles. The molecule has 0 heterocycles. The van der Waals surface area contributed by atoms with Crippen molar-refractivity contribution in [3.8, 4) is 5.75 Å². The van der Waals surface area contributed by atoms with Crippen molar-refractivity contribution in [3.63, 3.8) is 0 Å². The first-order valence-electron chi connectivity index (χ1n) is 6.17. The standard InChI is InChI=1S/C14H21NO4/c1-11(16)19-14(10-18-8-7-15(2)3)12-5-4-6-13(17)9-12/h4-6,9,14,17H,7-8,10H2,1-3H3. The van der Waals surface area contributed by atoms with E-state index in [1.54, 1.807) is 24.3 Å². The van der Waals surface area contributed by atoms with E-state index in [1.165, 1.54) is 6.92 Å². The molecular formula is C14H21NO4. The maximum atomic E-state index is 11.1. The minimum Gasteiger partial charge on any atom is -0.508 e. The lowest BCUT2D eigenvalue weighted by Gasteiger charge is -2.18. The van der Waals surface area contributed by atoms with Crippen LogP contribution in [0.1, 0.15) is 18.6 Å². The highest BCUT2D eigenvalue weighted by molar-refractivity contribution is 5.66. The molecule has 0 aromatic heterocycles. The van der Waals surface area contributed by atoms with E-state index in [1.807, 2.05) is 19.0 Å². The largest absolute Gasteiger partial charge is 0.508 e. The van der Waals surface area contributed by atoms with E-state index in [-0.39, 0.29) is 18.3 Å². The van der Waals surface area contributed by atoms with Crippen LogP contribution >= 0.6 is 0 Å². The third-order valence-corrected chi connectivity index (χ3v) is 2.50. The number of likely N-dealkylation sites (N-methyl/N-ethyl adjacent to an activating group) is 1. The van der Waals surface area contributed by atoms with Gasteiger partial charge < -0.3 is 19.5 Å². The summed E-state index contributed by atoms with van der Waals surface area (Å²) in [6.07, 6.45) is -0.494. The van der Waals surface area contributed by atoms with Crippen LogP contribution in [0.3, 0.4) is 0 Å². The Labute approximate surface area is 113 Å². The van der Waals surface area contributed by atoms with Gasteiger partial charge in [0.15, 0.2) is 6.10 Å². The van der Waals surface area contributed by atoms with Crippen molar-refractivity contribution in [2.24, 2.45) is 0 Å². The average Bonchev–Trinajstić information content (AvgIpc) is 2.32. The number of aromatic hydroxyl groups is 1. The summed E-state index contributed by atoms with van der Waals surface area (Å²) in [7, 11) is 3.92. The van der Waals surface area contributed by atoms with Gasteiger partial charge in [-0.2, -0.15) is 0 Å². The molecular weight excluding hydrogens is 246 g/mol. The highest BCUT2D eigenvalue weighted by Crippen LogP contribution is 2.22. The number of esters is 1. The molecule has 19 heavy (non-hydrogen) atoms. The van der Waals surface area contributed by atoms with Gasteiger partial charge in [-0.3, -0.25) is 4.79 Å². The number of carbonyl (C=O) groups excluding carboxylic acids is 1. The lowest BCUT2D eigenvalue weighted by molar-refractivity contribution is -0.150. The van der Waals surface area contributed by atoms with E-state index in [0.29, 0.717) is 6.61 Å². The number of hydrogen-bond acceptors (Lipinski definition) is 5. The molecule has 1 rings (SSSR count). The number of carbonyl (C=O) groups is 1. The van der Waals surface area contributed by atoms with Crippen LogP contribution in [0.4, 0.5) is 0 Å². The molecule has 0 aliphatic rings. The van der Waals surface area contributed by atoms with Crippen LogP contribution in [0.15, 0.2) is 24.3 Å². The molecule has 0 saturated heterocycles. The first-order valence-corrected chi connectivity index (χ1v) is 6.17. The smallest absolute Gasteiger partial charge is 0.303 e. The van der Waals surface area contributed by atoms with Crippen LogP contribution in [0.25, 0.3) is 0 Å². The van der Waals surface area contributed by atoms with E-state index in [2.05, 4.69) is 0 Å². The Morgan fingerprint density at radius 3 is 2.74 bits per heavy atom. The van der Waals surface area contributed by atoms with Crippen molar-refractivity contribution in [2.45, 2.75) is 13.0 Å². The number of rotatable bonds is 7. The number of benzene rings is 1. The van der Waals surface area contributed by atoms with E-state index < -0.39 is 6.10 Å². The summed E-state index contributed by atoms with van der Waals surface area (Å²) in [5.41, 5.74) is 0.722. The van der Waals surface area contributed by atoms with Gasteiger partial charge in [-0.1, -0.05) is 12.1 Å². The molecule has 0 aliphatic heterocycles. The Kier molecular flexibility index (Phi) is 6.32. The predicted octanol–water partition coefficient (Wildman–Crippen LogP) is 1.57. The maximum Gasteiger partial charge on any atom is 0.303 e. The molecule has 0 spiro atoms. The molecule has 0 radical (unpaired) electrons. The molecule has 0 saturated carbocycles. The van der Waals surface area contributed by atoms with Crippen LogP contribution in [0.5, 0.6) is 5.75 Å². The molecule has 1 N–H and O–H groups in total. The Morgan fingerprint density at radius 1 is 1.42 bits per heavy atom. The fraction of sp³-hybridized carbons (Fsp3) is 0.500. The Bertz CT molecular complexity index is 406. The third-order valence-electron chi connectivity index (χ3n) is 2.50. The van der Waals surface area contributed by atoms with E-state index in [9.17, 15) is 9.90 Å². The predicted molar refractivity (Wildman–Crippen MR) is 72.0 cm³/mol. The zero-order valence-corrected chi connectivity index (χ0v) is 11.6. The van der Waals surface area contributed by atoms with E-state index in [4.69, 9.17) is 9.47 Å². The van der Waals surface area contributed by atoms with Crippen molar-refractivity contribution in [2.75, 3.05) is 33.9 Å². The van der Waals surface area contributed by atoms with Gasteiger partial charge in [0.05, 0.1) is 13.2 Å². The molecule has 1 aromatic rings. The maximum absolute atomic E-state index is 11.1. The zero-order chi connectivity index (χ0) is 14.3. The highest BCUT2D eigenvalue weighted by Gasteiger charge is 2.15. The second-order valence-electron chi connectivity index (χ2n) is 4.57. The SMILES string of the molecule is CC(=O)OC(COCCN(C)C)c1cccc(O)c1. The molecule has 1 aromatic carbocycles. The summed E-state index contributed by atoms with van der Waals surface area (Å²) < 4.78 is 10.7.